The lowest BCUT2D eigenvalue weighted by Crippen LogP contribution is -2.38. The number of fused-ring (bicyclic) bond motifs is 3. The van der Waals surface area contributed by atoms with Gasteiger partial charge in [-0.25, -0.2) is 9.59 Å². The van der Waals surface area contributed by atoms with E-state index in [9.17, 15) is 19.8 Å². The molecule has 2 aliphatic rings. The third-order valence-electron chi connectivity index (χ3n) is 6.64. The van der Waals surface area contributed by atoms with Crippen molar-refractivity contribution >= 4 is 52.4 Å². The van der Waals surface area contributed by atoms with E-state index in [0.717, 1.165) is 16.0 Å². The molecule has 2 N–H and O–H groups in total. The van der Waals surface area contributed by atoms with Crippen molar-refractivity contribution in [1.82, 2.24) is 0 Å². The Morgan fingerprint density at radius 2 is 1.08 bits per heavy atom. The normalized spacial score (nSPS) is 14.1. The standard InChI is InChI=1S/C32H22N2O4/c35-31(36)27-19-18-22-16-17-23-20-26(21-10-4-1-5-11-21)30(32(37)38)34(25-14-8-3-9-15-25)29(23)28(22)33(27)24-12-6-2-7-13-24/h1-20H,(H,35,36)(H,37,38). The zero-order valence-corrected chi connectivity index (χ0v) is 20.2. The molecule has 2 heterocycles. The summed E-state index contributed by atoms with van der Waals surface area (Å²) in [7, 11) is 0. The van der Waals surface area contributed by atoms with E-state index in [2.05, 4.69) is 0 Å². The van der Waals surface area contributed by atoms with Crippen molar-refractivity contribution in [3.05, 3.63) is 137 Å². The van der Waals surface area contributed by atoms with Gasteiger partial charge in [0.25, 0.3) is 0 Å². The topological polar surface area (TPSA) is 81.1 Å². The van der Waals surface area contributed by atoms with Crippen molar-refractivity contribution in [3.8, 4) is 0 Å². The Morgan fingerprint density at radius 3 is 1.66 bits per heavy atom. The Balaban J connectivity index is 1.74. The number of carboxylic acids is 2. The minimum atomic E-state index is -1.09. The maximum absolute atomic E-state index is 13.0. The predicted octanol–water partition coefficient (Wildman–Crippen LogP) is 5.02. The van der Waals surface area contributed by atoms with Crippen LogP contribution in [0.2, 0.25) is 0 Å². The molecule has 0 spiro atoms. The molecule has 0 amide bonds. The maximum Gasteiger partial charge on any atom is 0.353 e. The van der Waals surface area contributed by atoms with E-state index in [1.807, 2.05) is 109 Å². The fraction of sp³-hybridized carbons (Fsp3) is 0. The van der Waals surface area contributed by atoms with Gasteiger partial charge in [0, 0.05) is 27.4 Å². The Bertz CT molecular complexity index is 1760. The van der Waals surface area contributed by atoms with E-state index >= 15 is 0 Å². The number of allylic oxidation sites excluding steroid dienone is 2. The molecule has 6 nitrogen and oxygen atoms in total. The molecule has 4 aromatic rings. The van der Waals surface area contributed by atoms with Gasteiger partial charge in [-0.15, -0.1) is 0 Å². The van der Waals surface area contributed by atoms with Crippen LogP contribution in [0.25, 0.3) is 17.7 Å². The van der Waals surface area contributed by atoms with Gasteiger partial charge >= 0.3 is 11.9 Å². The number of hydrogen-bond donors (Lipinski definition) is 2. The molecular weight excluding hydrogens is 476 g/mol. The molecule has 0 saturated heterocycles. The van der Waals surface area contributed by atoms with E-state index in [-0.39, 0.29) is 11.4 Å². The van der Waals surface area contributed by atoms with Crippen molar-refractivity contribution in [2.24, 2.45) is 0 Å². The second-order valence-electron chi connectivity index (χ2n) is 8.88. The van der Waals surface area contributed by atoms with E-state index < -0.39 is 11.9 Å². The van der Waals surface area contributed by atoms with Crippen LogP contribution in [0.5, 0.6) is 0 Å². The second kappa shape index (κ2) is 9.26. The quantitative estimate of drug-likeness (QED) is 0.402. The molecule has 0 aromatic heterocycles. The molecule has 0 aliphatic carbocycles. The summed E-state index contributed by atoms with van der Waals surface area (Å²) < 4.78 is 0. The average Bonchev–Trinajstić information content (AvgIpc) is 2.96. The van der Waals surface area contributed by atoms with Gasteiger partial charge in [-0.1, -0.05) is 84.9 Å². The number of carbonyl (C=O) groups is 2. The lowest BCUT2D eigenvalue weighted by atomic mass is 9.94. The molecule has 0 fully saturated rings. The summed E-state index contributed by atoms with van der Waals surface area (Å²) in [5.41, 5.74) is 3.99. The molecule has 2 aliphatic heterocycles. The largest absolute Gasteiger partial charge is 0.477 e. The van der Waals surface area contributed by atoms with Crippen LogP contribution in [0.15, 0.2) is 121 Å². The van der Waals surface area contributed by atoms with Gasteiger partial charge in [-0.2, -0.15) is 0 Å². The first kappa shape index (κ1) is 23.1. The average molecular weight is 499 g/mol. The number of nitrogens with zero attached hydrogens (tertiary/aromatic N) is 2. The van der Waals surface area contributed by atoms with Gasteiger partial charge in [-0.3, -0.25) is 0 Å². The first-order valence-electron chi connectivity index (χ1n) is 12.1. The molecule has 0 radical (unpaired) electrons. The zero-order chi connectivity index (χ0) is 26.2. The van der Waals surface area contributed by atoms with Crippen molar-refractivity contribution in [3.63, 3.8) is 0 Å². The van der Waals surface area contributed by atoms with Crippen molar-refractivity contribution < 1.29 is 19.8 Å². The summed E-state index contributed by atoms with van der Waals surface area (Å²) >= 11 is 0. The van der Waals surface area contributed by atoms with Gasteiger partial charge in [-0.05, 0) is 42.0 Å². The summed E-state index contributed by atoms with van der Waals surface area (Å²) in [5.74, 6) is -2.18. The number of aliphatic carboxylic acids is 2. The lowest BCUT2D eigenvalue weighted by Gasteiger charge is -2.37. The zero-order valence-electron chi connectivity index (χ0n) is 20.2. The fourth-order valence-electron chi connectivity index (χ4n) is 5.05. The van der Waals surface area contributed by atoms with Crippen LogP contribution in [0, 0.1) is 0 Å². The Kier molecular flexibility index (Phi) is 5.62. The van der Waals surface area contributed by atoms with Crippen molar-refractivity contribution in [1.29, 1.82) is 0 Å². The molecule has 0 atom stereocenters. The Hall–Kier alpha value is -5.36. The van der Waals surface area contributed by atoms with Crippen molar-refractivity contribution in [2.75, 3.05) is 9.80 Å². The number of para-hydroxylation sites is 2. The highest BCUT2D eigenvalue weighted by molar-refractivity contribution is 6.13. The molecule has 0 unspecified atom stereocenters. The highest BCUT2D eigenvalue weighted by Crippen LogP contribution is 2.42. The van der Waals surface area contributed by atoms with Crippen LogP contribution < -0.4 is 20.2 Å². The van der Waals surface area contributed by atoms with E-state index in [4.69, 9.17) is 0 Å². The van der Waals surface area contributed by atoms with Gasteiger partial charge in [0.1, 0.15) is 11.4 Å². The predicted molar refractivity (Wildman–Crippen MR) is 149 cm³/mol. The summed E-state index contributed by atoms with van der Waals surface area (Å²) in [6, 6.07) is 31.8. The van der Waals surface area contributed by atoms with Gasteiger partial charge in [0.05, 0.1) is 11.4 Å². The summed E-state index contributed by atoms with van der Waals surface area (Å²) in [6.45, 7) is 0. The van der Waals surface area contributed by atoms with E-state index in [1.165, 1.54) is 0 Å². The smallest absolute Gasteiger partial charge is 0.353 e. The minimum Gasteiger partial charge on any atom is -0.477 e. The third-order valence-corrected chi connectivity index (χ3v) is 6.64. The Morgan fingerprint density at radius 1 is 0.553 bits per heavy atom. The first-order valence-corrected chi connectivity index (χ1v) is 12.1. The Labute approximate surface area is 218 Å². The van der Waals surface area contributed by atoms with Gasteiger partial charge in [0.15, 0.2) is 0 Å². The minimum absolute atomic E-state index is 0.0693. The highest BCUT2D eigenvalue weighted by atomic mass is 16.4. The molecule has 38 heavy (non-hydrogen) atoms. The van der Waals surface area contributed by atoms with Crippen LogP contribution in [-0.2, 0) is 9.59 Å². The van der Waals surface area contributed by atoms with Crippen LogP contribution in [0.4, 0.5) is 22.7 Å². The summed E-state index contributed by atoms with van der Waals surface area (Å²) in [4.78, 5) is 28.8. The van der Waals surface area contributed by atoms with Crippen LogP contribution in [0.1, 0.15) is 5.56 Å². The van der Waals surface area contributed by atoms with Crippen LogP contribution in [-0.4, -0.2) is 22.2 Å². The van der Waals surface area contributed by atoms with Gasteiger partial charge < -0.3 is 20.0 Å². The molecule has 4 aromatic carbocycles. The fourth-order valence-corrected chi connectivity index (χ4v) is 5.05. The molecule has 6 rings (SSSR count). The number of hydrogen-bond acceptors (Lipinski definition) is 4. The monoisotopic (exact) mass is 498 g/mol. The molecule has 184 valence electrons. The third kappa shape index (κ3) is 3.76. The molecular formula is C32H22N2O4. The van der Waals surface area contributed by atoms with E-state index in [1.54, 1.807) is 22.0 Å². The van der Waals surface area contributed by atoms with Crippen LogP contribution >= 0.6 is 0 Å². The molecule has 6 heteroatoms. The highest BCUT2D eigenvalue weighted by Gasteiger charge is 2.34. The number of carboxylic acid groups (broad SMARTS) is 2. The van der Waals surface area contributed by atoms with Crippen molar-refractivity contribution in [2.45, 2.75) is 0 Å². The maximum atomic E-state index is 13.0. The number of benzene rings is 4. The number of rotatable bonds is 5. The van der Waals surface area contributed by atoms with Crippen LogP contribution in [0.3, 0.4) is 0 Å². The lowest BCUT2D eigenvalue weighted by molar-refractivity contribution is -0.133. The summed E-state index contributed by atoms with van der Waals surface area (Å²) in [5, 5.41) is 22.3. The molecule has 0 bridgehead atoms. The SMILES string of the molecule is O=C(O)C1=CC=c2ccc3c(c2N1c1ccccc1)N(c1ccccc1)C(C(=O)O)=C(c1ccccc1)C=3. The summed E-state index contributed by atoms with van der Waals surface area (Å²) in [6.07, 6.45) is 5.21. The molecule has 0 saturated carbocycles. The second-order valence-corrected chi connectivity index (χ2v) is 8.88. The first-order chi connectivity index (χ1) is 18.5. The number of anilines is 4. The van der Waals surface area contributed by atoms with E-state index in [0.29, 0.717) is 28.3 Å². The van der Waals surface area contributed by atoms with Gasteiger partial charge in [0.2, 0.25) is 0 Å².